The van der Waals surface area contributed by atoms with E-state index in [1.165, 1.54) is 6.42 Å². The second kappa shape index (κ2) is 5.06. The Morgan fingerprint density at radius 1 is 1.32 bits per heavy atom. The van der Waals surface area contributed by atoms with Gasteiger partial charge in [0, 0.05) is 25.0 Å². The molecular weight excluding hydrogens is 240 g/mol. The summed E-state index contributed by atoms with van der Waals surface area (Å²) in [7, 11) is 0. The highest BCUT2D eigenvalue weighted by molar-refractivity contribution is 5.81. The third-order valence-electron chi connectivity index (χ3n) is 5.31. The Morgan fingerprint density at radius 2 is 2.11 bits per heavy atom. The van der Waals surface area contributed by atoms with Crippen LogP contribution < -0.4 is 5.32 Å². The van der Waals surface area contributed by atoms with Crippen LogP contribution in [0.5, 0.6) is 0 Å². The molecule has 4 nitrogen and oxygen atoms in total. The molecule has 4 heteroatoms. The van der Waals surface area contributed by atoms with Gasteiger partial charge in [0.2, 0.25) is 5.91 Å². The van der Waals surface area contributed by atoms with Crippen molar-refractivity contribution in [1.29, 1.82) is 0 Å². The molecule has 1 heterocycles. The predicted molar refractivity (Wildman–Crippen MR) is 73.7 cm³/mol. The van der Waals surface area contributed by atoms with Crippen LogP contribution in [0, 0.1) is 5.92 Å². The monoisotopic (exact) mass is 266 g/mol. The molecular formula is C15H26N2O2. The number of piperidine rings is 1. The molecule has 1 aliphatic heterocycles. The van der Waals surface area contributed by atoms with Gasteiger partial charge < -0.3 is 10.4 Å². The zero-order valence-electron chi connectivity index (χ0n) is 11.9. The van der Waals surface area contributed by atoms with Crippen molar-refractivity contribution in [3.8, 4) is 0 Å². The number of likely N-dealkylation sites (tertiary alicyclic amines) is 1. The van der Waals surface area contributed by atoms with Gasteiger partial charge in [0.15, 0.2) is 0 Å². The van der Waals surface area contributed by atoms with Crippen LogP contribution in [0.15, 0.2) is 0 Å². The summed E-state index contributed by atoms with van der Waals surface area (Å²) in [5.74, 6) is 0.537. The summed E-state index contributed by atoms with van der Waals surface area (Å²) in [5.41, 5.74) is -0.443. The van der Waals surface area contributed by atoms with Crippen LogP contribution in [0.2, 0.25) is 0 Å². The van der Waals surface area contributed by atoms with Crippen molar-refractivity contribution in [2.75, 3.05) is 13.1 Å². The highest BCUT2D eigenvalue weighted by Gasteiger charge is 2.44. The molecule has 19 heavy (non-hydrogen) atoms. The molecule has 1 saturated heterocycles. The molecule has 2 N–H and O–H groups in total. The number of nitrogens with one attached hydrogen (secondary N) is 1. The fourth-order valence-corrected chi connectivity index (χ4v) is 3.66. The van der Waals surface area contributed by atoms with Gasteiger partial charge in [-0.2, -0.15) is 0 Å². The number of carbonyl (C=O) groups is 1. The molecule has 2 aliphatic carbocycles. The summed E-state index contributed by atoms with van der Waals surface area (Å²) in [6.45, 7) is 3.74. The zero-order valence-corrected chi connectivity index (χ0v) is 11.9. The molecule has 0 aromatic heterocycles. The summed E-state index contributed by atoms with van der Waals surface area (Å²) in [6.07, 6.45) is 7.56. The molecule has 3 aliphatic rings. The van der Waals surface area contributed by atoms with E-state index in [2.05, 4.69) is 10.2 Å². The van der Waals surface area contributed by atoms with Crippen LogP contribution in [0.25, 0.3) is 0 Å². The Morgan fingerprint density at radius 3 is 2.84 bits per heavy atom. The molecule has 0 aromatic carbocycles. The highest BCUT2D eigenvalue weighted by Crippen LogP contribution is 2.40. The molecule has 108 valence electrons. The number of fused-ring (bicyclic) bond motifs is 1. The standard InChI is InChI=1S/C15H26N2O2/c1-11(14(18)16-13-5-6-13)17-9-8-15(19)7-3-2-4-12(15)10-17/h11-13,19H,2-10H2,1H3,(H,16,18). The lowest BCUT2D eigenvalue weighted by Crippen LogP contribution is -2.57. The highest BCUT2D eigenvalue weighted by atomic mass is 16.3. The van der Waals surface area contributed by atoms with Gasteiger partial charge >= 0.3 is 0 Å². The molecule has 0 radical (unpaired) electrons. The van der Waals surface area contributed by atoms with Crippen molar-refractivity contribution in [2.24, 2.45) is 5.92 Å². The minimum absolute atomic E-state index is 0.0490. The van der Waals surface area contributed by atoms with Crippen LogP contribution in [0.4, 0.5) is 0 Å². The summed E-state index contributed by atoms with van der Waals surface area (Å²) < 4.78 is 0. The van der Waals surface area contributed by atoms with Crippen molar-refractivity contribution in [3.63, 3.8) is 0 Å². The molecule has 1 amide bonds. The molecule has 0 spiro atoms. The molecule has 3 fully saturated rings. The smallest absolute Gasteiger partial charge is 0.237 e. The second-order valence-electron chi connectivity index (χ2n) is 6.75. The zero-order chi connectivity index (χ0) is 13.5. The van der Waals surface area contributed by atoms with E-state index in [9.17, 15) is 9.90 Å². The lowest BCUT2D eigenvalue weighted by Gasteiger charge is -2.48. The van der Waals surface area contributed by atoms with E-state index in [-0.39, 0.29) is 11.9 Å². The van der Waals surface area contributed by atoms with E-state index < -0.39 is 5.60 Å². The van der Waals surface area contributed by atoms with E-state index in [1.54, 1.807) is 0 Å². The maximum atomic E-state index is 12.1. The summed E-state index contributed by atoms with van der Waals surface area (Å²) in [4.78, 5) is 14.4. The number of carbonyl (C=O) groups excluding carboxylic acids is 1. The van der Waals surface area contributed by atoms with Crippen molar-refractivity contribution >= 4 is 5.91 Å². The summed E-state index contributed by atoms with van der Waals surface area (Å²) in [5, 5.41) is 13.7. The quantitative estimate of drug-likeness (QED) is 0.809. The fourth-order valence-electron chi connectivity index (χ4n) is 3.66. The largest absolute Gasteiger partial charge is 0.390 e. The van der Waals surface area contributed by atoms with Gasteiger partial charge in [0.1, 0.15) is 0 Å². The minimum Gasteiger partial charge on any atom is -0.390 e. The Hall–Kier alpha value is -0.610. The lowest BCUT2D eigenvalue weighted by molar-refractivity contribution is -0.133. The second-order valence-corrected chi connectivity index (χ2v) is 6.75. The van der Waals surface area contributed by atoms with Crippen LogP contribution in [0.1, 0.15) is 51.9 Å². The Balaban J connectivity index is 1.58. The molecule has 3 unspecified atom stereocenters. The summed E-state index contributed by atoms with van der Waals surface area (Å²) >= 11 is 0. The van der Waals surface area contributed by atoms with Gasteiger partial charge in [0.05, 0.1) is 11.6 Å². The number of amides is 1. The molecule has 2 saturated carbocycles. The Bertz CT molecular complexity index is 356. The Kier molecular flexibility index (Phi) is 3.56. The van der Waals surface area contributed by atoms with Crippen molar-refractivity contribution in [3.05, 3.63) is 0 Å². The maximum absolute atomic E-state index is 12.1. The SMILES string of the molecule is CC(C(=O)NC1CC1)N1CCC2(O)CCCCC2C1. The first-order chi connectivity index (χ1) is 9.08. The van der Waals surface area contributed by atoms with E-state index >= 15 is 0 Å². The minimum atomic E-state index is -0.443. The van der Waals surface area contributed by atoms with Crippen LogP contribution in [0.3, 0.4) is 0 Å². The Labute approximate surface area is 115 Å². The van der Waals surface area contributed by atoms with Crippen molar-refractivity contribution in [1.82, 2.24) is 10.2 Å². The van der Waals surface area contributed by atoms with Crippen LogP contribution in [-0.2, 0) is 4.79 Å². The van der Waals surface area contributed by atoms with E-state index in [0.717, 1.165) is 51.6 Å². The fraction of sp³-hybridized carbons (Fsp3) is 0.933. The first kappa shape index (κ1) is 13.4. The topological polar surface area (TPSA) is 52.6 Å². The van der Waals surface area contributed by atoms with Crippen LogP contribution in [-0.4, -0.2) is 46.7 Å². The van der Waals surface area contributed by atoms with Gasteiger partial charge in [-0.15, -0.1) is 0 Å². The number of aliphatic hydroxyl groups is 1. The number of hydrogen-bond acceptors (Lipinski definition) is 3. The third kappa shape index (κ3) is 2.79. The first-order valence-electron chi connectivity index (χ1n) is 7.85. The van der Waals surface area contributed by atoms with Gasteiger partial charge in [-0.1, -0.05) is 12.8 Å². The van der Waals surface area contributed by atoms with E-state index in [0.29, 0.717) is 12.0 Å². The molecule has 3 rings (SSSR count). The predicted octanol–water partition coefficient (Wildman–Crippen LogP) is 1.28. The van der Waals surface area contributed by atoms with Gasteiger partial charge in [-0.05, 0) is 39.0 Å². The van der Waals surface area contributed by atoms with E-state index in [1.807, 2.05) is 6.92 Å². The normalized spacial score (nSPS) is 37.5. The van der Waals surface area contributed by atoms with Gasteiger partial charge in [-0.25, -0.2) is 0 Å². The maximum Gasteiger partial charge on any atom is 0.237 e. The lowest BCUT2D eigenvalue weighted by atomic mass is 9.71. The van der Waals surface area contributed by atoms with Gasteiger partial charge in [0.25, 0.3) is 0 Å². The molecule has 0 bridgehead atoms. The summed E-state index contributed by atoms with van der Waals surface area (Å²) in [6, 6.07) is 0.387. The first-order valence-corrected chi connectivity index (χ1v) is 7.85. The van der Waals surface area contributed by atoms with E-state index in [4.69, 9.17) is 0 Å². The molecule has 0 aromatic rings. The number of rotatable bonds is 3. The molecule has 3 atom stereocenters. The van der Waals surface area contributed by atoms with Crippen LogP contribution >= 0.6 is 0 Å². The third-order valence-corrected chi connectivity index (χ3v) is 5.31. The van der Waals surface area contributed by atoms with Crippen molar-refractivity contribution < 1.29 is 9.90 Å². The van der Waals surface area contributed by atoms with Gasteiger partial charge in [-0.3, -0.25) is 9.69 Å². The number of hydrogen-bond donors (Lipinski definition) is 2. The average Bonchev–Trinajstić information content (AvgIpc) is 3.20. The average molecular weight is 266 g/mol. The number of nitrogens with zero attached hydrogens (tertiary/aromatic N) is 1. The van der Waals surface area contributed by atoms with Crippen molar-refractivity contribution in [2.45, 2.75) is 69.6 Å².